The van der Waals surface area contributed by atoms with Crippen molar-refractivity contribution in [2.75, 3.05) is 25.1 Å². The van der Waals surface area contributed by atoms with E-state index in [0.717, 1.165) is 31.3 Å². The second kappa shape index (κ2) is 4.42. The van der Waals surface area contributed by atoms with Crippen LogP contribution >= 0.6 is 0 Å². The summed E-state index contributed by atoms with van der Waals surface area (Å²) in [5.74, 6) is 0.823. The largest absolute Gasteiger partial charge is 0.383 e. The lowest BCUT2D eigenvalue weighted by molar-refractivity contribution is -0.0924. The van der Waals surface area contributed by atoms with Crippen LogP contribution in [-0.4, -0.2) is 34.5 Å². The molecule has 18 heavy (non-hydrogen) atoms. The number of nitrogens with zero attached hydrogens (tertiary/aromatic N) is 3. The molecule has 94 valence electrons. The van der Waals surface area contributed by atoms with Crippen LogP contribution in [0, 0.1) is 5.41 Å². The Kier molecular flexibility index (Phi) is 2.76. The monoisotopic (exact) mass is 244 g/mol. The van der Waals surface area contributed by atoms with Crippen LogP contribution in [0.3, 0.4) is 0 Å². The van der Waals surface area contributed by atoms with E-state index < -0.39 is 0 Å². The summed E-state index contributed by atoms with van der Waals surface area (Å²) in [7, 11) is 0. The first-order valence-corrected chi connectivity index (χ1v) is 6.03. The van der Waals surface area contributed by atoms with Crippen LogP contribution in [0.15, 0.2) is 36.8 Å². The molecule has 5 heteroatoms. The summed E-state index contributed by atoms with van der Waals surface area (Å²) in [6, 6.07) is 5.85. The first kappa shape index (κ1) is 11.2. The van der Waals surface area contributed by atoms with Gasteiger partial charge in [0.1, 0.15) is 0 Å². The molecule has 0 atom stereocenters. The molecule has 0 unspecified atom stereocenters. The lowest BCUT2D eigenvalue weighted by Crippen LogP contribution is -2.45. The van der Waals surface area contributed by atoms with Crippen LogP contribution in [0.25, 0.3) is 5.82 Å². The molecule has 1 N–H and O–H groups in total. The van der Waals surface area contributed by atoms with E-state index >= 15 is 0 Å². The van der Waals surface area contributed by atoms with Crippen LogP contribution in [0.2, 0.25) is 0 Å². The molecule has 3 heterocycles. The third-order valence-electron chi connectivity index (χ3n) is 3.11. The van der Waals surface area contributed by atoms with Gasteiger partial charge in [-0.2, -0.15) is 5.10 Å². The maximum absolute atomic E-state index is 5.23. The molecule has 0 radical (unpaired) electrons. The Morgan fingerprint density at radius 3 is 2.89 bits per heavy atom. The topological polar surface area (TPSA) is 52.0 Å². The highest BCUT2D eigenvalue weighted by Crippen LogP contribution is 2.26. The molecule has 1 aliphatic heterocycles. The van der Waals surface area contributed by atoms with Gasteiger partial charge in [0.25, 0.3) is 0 Å². The number of nitrogens with one attached hydrogen (secondary N) is 1. The normalized spacial score (nSPS) is 17.2. The molecule has 1 aliphatic rings. The van der Waals surface area contributed by atoms with Crippen molar-refractivity contribution < 1.29 is 4.74 Å². The molecule has 0 aliphatic carbocycles. The maximum atomic E-state index is 5.23. The van der Waals surface area contributed by atoms with E-state index in [1.807, 2.05) is 30.6 Å². The summed E-state index contributed by atoms with van der Waals surface area (Å²) in [6.45, 7) is 4.79. The van der Waals surface area contributed by atoms with Gasteiger partial charge in [-0.1, -0.05) is 6.92 Å². The van der Waals surface area contributed by atoms with E-state index in [9.17, 15) is 0 Å². The van der Waals surface area contributed by atoms with Crippen LogP contribution in [0.5, 0.6) is 0 Å². The molecule has 5 nitrogen and oxygen atoms in total. The summed E-state index contributed by atoms with van der Waals surface area (Å²) >= 11 is 0. The van der Waals surface area contributed by atoms with Crippen molar-refractivity contribution in [3.63, 3.8) is 0 Å². The smallest absolute Gasteiger partial charge is 0.153 e. The zero-order valence-electron chi connectivity index (χ0n) is 10.3. The molecule has 0 amide bonds. The summed E-state index contributed by atoms with van der Waals surface area (Å²) in [5, 5.41) is 7.53. The number of hydrogen-bond donors (Lipinski definition) is 1. The predicted octanol–water partition coefficient (Wildman–Crippen LogP) is 1.72. The molecule has 0 saturated carbocycles. The van der Waals surface area contributed by atoms with Gasteiger partial charge in [0.2, 0.25) is 0 Å². The highest BCUT2D eigenvalue weighted by atomic mass is 16.5. The van der Waals surface area contributed by atoms with Gasteiger partial charge in [0.05, 0.1) is 25.1 Å². The van der Waals surface area contributed by atoms with E-state index in [2.05, 4.69) is 22.3 Å². The van der Waals surface area contributed by atoms with Gasteiger partial charge in [0, 0.05) is 24.4 Å². The van der Waals surface area contributed by atoms with E-state index in [-0.39, 0.29) is 5.41 Å². The Balaban J connectivity index is 1.64. The van der Waals surface area contributed by atoms with E-state index in [1.54, 1.807) is 10.9 Å². The summed E-state index contributed by atoms with van der Waals surface area (Å²) < 4.78 is 6.97. The van der Waals surface area contributed by atoms with Crippen molar-refractivity contribution in [3.8, 4) is 5.82 Å². The van der Waals surface area contributed by atoms with Crippen LogP contribution in [0.4, 0.5) is 5.69 Å². The standard InChI is InChI=1S/C13H16N4O/c1-13(9-18-10-13)8-15-11-3-4-12(14-7-11)17-6-2-5-16-17/h2-7,15H,8-10H2,1H3. The van der Waals surface area contributed by atoms with Gasteiger partial charge in [-0.15, -0.1) is 0 Å². The van der Waals surface area contributed by atoms with E-state index in [1.165, 1.54) is 0 Å². The maximum Gasteiger partial charge on any atom is 0.153 e. The van der Waals surface area contributed by atoms with Gasteiger partial charge >= 0.3 is 0 Å². The zero-order chi connectivity index (χ0) is 12.4. The highest BCUT2D eigenvalue weighted by molar-refractivity contribution is 5.43. The zero-order valence-corrected chi connectivity index (χ0v) is 10.3. The molecule has 1 saturated heterocycles. The van der Waals surface area contributed by atoms with Gasteiger partial charge < -0.3 is 10.1 Å². The van der Waals surface area contributed by atoms with Gasteiger partial charge in [-0.05, 0) is 18.2 Å². The Morgan fingerprint density at radius 2 is 2.33 bits per heavy atom. The minimum absolute atomic E-state index is 0.265. The van der Waals surface area contributed by atoms with Gasteiger partial charge in [0.15, 0.2) is 5.82 Å². The SMILES string of the molecule is CC1(CNc2ccc(-n3cccn3)nc2)COC1. The fourth-order valence-electron chi connectivity index (χ4n) is 1.90. The average molecular weight is 244 g/mol. The van der Waals surface area contributed by atoms with Crippen molar-refractivity contribution in [3.05, 3.63) is 36.8 Å². The molecular weight excluding hydrogens is 228 g/mol. The summed E-state index contributed by atoms with van der Waals surface area (Å²) in [6.07, 6.45) is 5.45. The van der Waals surface area contributed by atoms with E-state index in [4.69, 9.17) is 4.74 Å². The number of aromatic nitrogens is 3. The first-order valence-electron chi connectivity index (χ1n) is 6.03. The van der Waals surface area contributed by atoms with Gasteiger partial charge in [-0.25, -0.2) is 9.67 Å². The molecular formula is C13H16N4O. The van der Waals surface area contributed by atoms with E-state index in [0.29, 0.717) is 0 Å². The second-order valence-corrected chi connectivity index (χ2v) is 5.01. The Bertz CT molecular complexity index is 502. The van der Waals surface area contributed by atoms with Gasteiger partial charge in [-0.3, -0.25) is 0 Å². The average Bonchev–Trinajstić information content (AvgIpc) is 2.88. The van der Waals surface area contributed by atoms with Crippen LogP contribution in [-0.2, 0) is 4.74 Å². The van der Waals surface area contributed by atoms with Crippen molar-refractivity contribution in [1.82, 2.24) is 14.8 Å². The fraction of sp³-hybridized carbons (Fsp3) is 0.385. The summed E-state index contributed by atoms with van der Waals surface area (Å²) in [4.78, 5) is 4.37. The van der Waals surface area contributed by atoms with Crippen molar-refractivity contribution in [2.24, 2.45) is 5.41 Å². The number of rotatable bonds is 4. The lowest BCUT2D eigenvalue weighted by atomic mass is 9.89. The van der Waals surface area contributed by atoms with Crippen molar-refractivity contribution in [1.29, 1.82) is 0 Å². The molecule has 3 rings (SSSR count). The molecule has 2 aromatic rings. The number of anilines is 1. The second-order valence-electron chi connectivity index (χ2n) is 5.01. The summed E-state index contributed by atoms with van der Waals surface area (Å²) in [5.41, 5.74) is 1.29. The highest BCUT2D eigenvalue weighted by Gasteiger charge is 2.32. The van der Waals surface area contributed by atoms with Crippen LogP contribution < -0.4 is 5.32 Å². The first-order chi connectivity index (χ1) is 8.75. The molecule has 0 spiro atoms. The number of ether oxygens (including phenoxy) is 1. The predicted molar refractivity (Wildman–Crippen MR) is 68.8 cm³/mol. The Morgan fingerprint density at radius 1 is 1.44 bits per heavy atom. The third kappa shape index (κ3) is 2.22. The molecule has 1 fully saturated rings. The van der Waals surface area contributed by atoms with Crippen LogP contribution in [0.1, 0.15) is 6.92 Å². The van der Waals surface area contributed by atoms with Crippen molar-refractivity contribution in [2.45, 2.75) is 6.92 Å². The minimum Gasteiger partial charge on any atom is -0.383 e. The molecule has 2 aromatic heterocycles. The number of pyridine rings is 1. The quantitative estimate of drug-likeness (QED) is 0.889. The Labute approximate surface area is 106 Å². The Hall–Kier alpha value is -1.88. The minimum atomic E-state index is 0.265. The number of hydrogen-bond acceptors (Lipinski definition) is 4. The lowest BCUT2D eigenvalue weighted by Gasteiger charge is -2.38. The van der Waals surface area contributed by atoms with Crippen molar-refractivity contribution >= 4 is 5.69 Å². The molecule has 0 bridgehead atoms. The molecule has 0 aromatic carbocycles. The fourth-order valence-corrected chi connectivity index (χ4v) is 1.90. The third-order valence-corrected chi connectivity index (χ3v) is 3.11.